The van der Waals surface area contributed by atoms with Gasteiger partial charge in [0.2, 0.25) is 5.91 Å². The van der Waals surface area contributed by atoms with Crippen LogP contribution in [0.25, 0.3) is 0 Å². The Morgan fingerprint density at radius 3 is 1.90 bits per heavy atom. The summed E-state index contributed by atoms with van der Waals surface area (Å²) in [5.41, 5.74) is 5.72. The number of methoxy groups -OCH3 is 1. The van der Waals surface area contributed by atoms with Crippen molar-refractivity contribution in [2.45, 2.75) is 52.0 Å². The average molecular weight is 416 g/mol. The fourth-order valence-corrected chi connectivity index (χ4v) is 4.17. The number of ether oxygens (including phenoxy) is 1. The number of carbonyl (C=O) groups excluding carboxylic acids is 1. The lowest BCUT2D eigenvalue weighted by atomic mass is 9.88. The first kappa shape index (κ1) is 22.6. The first-order valence-corrected chi connectivity index (χ1v) is 11.0. The number of hydrogen-bond donors (Lipinski definition) is 1. The third-order valence-electron chi connectivity index (χ3n) is 5.88. The molecule has 0 radical (unpaired) electrons. The normalized spacial score (nSPS) is 12.1. The van der Waals surface area contributed by atoms with E-state index in [2.05, 4.69) is 69.4 Å². The molecule has 3 aromatic carbocycles. The molecule has 3 rings (SSSR count). The van der Waals surface area contributed by atoms with Crippen LogP contribution in [-0.2, 0) is 4.79 Å². The lowest BCUT2D eigenvalue weighted by molar-refractivity contribution is -0.121. The molecule has 1 atom stereocenters. The third-order valence-corrected chi connectivity index (χ3v) is 5.88. The van der Waals surface area contributed by atoms with Crippen molar-refractivity contribution >= 4 is 5.91 Å². The molecule has 1 amide bonds. The van der Waals surface area contributed by atoms with Gasteiger partial charge in [-0.2, -0.15) is 0 Å². The highest BCUT2D eigenvalue weighted by Crippen LogP contribution is 2.33. The van der Waals surface area contributed by atoms with Crippen molar-refractivity contribution in [2.24, 2.45) is 0 Å². The van der Waals surface area contributed by atoms with Crippen LogP contribution in [0, 0.1) is 6.92 Å². The van der Waals surface area contributed by atoms with Crippen LogP contribution in [0.1, 0.15) is 72.9 Å². The lowest BCUT2D eigenvalue weighted by Crippen LogP contribution is -2.28. The molecule has 3 aromatic rings. The van der Waals surface area contributed by atoms with Crippen LogP contribution in [0.15, 0.2) is 72.8 Å². The summed E-state index contributed by atoms with van der Waals surface area (Å²) < 4.78 is 5.57. The summed E-state index contributed by atoms with van der Waals surface area (Å²) in [6, 6.07) is 24.7. The Bertz CT molecular complexity index is 957. The lowest BCUT2D eigenvalue weighted by Gasteiger charge is -2.23. The number of hydrogen-bond acceptors (Lipinski definition) is 2. The molecule has 0 saturated heterocycles. The van der Waals surface area contributed by atoms with Gasteiger partial charge in [-0.1, -0.05) is 74.5 Å². The molecule has 0 unspecified atom stereocenters. The number of carbonyl (C=O) groups is 1. The summed E-state index contributed by atoms with van der Waals surface area (Å²) in [5.74, 6) is 1.32. The van der Waals surface area contributed by atoms with Crippen molar-refractivity contribution in [1.82, 2.24) is 5.32 Å². The minimum atomic E-state index is -0.0805. The molecule has 0 aliphatic rings. The van der Waals surface area contributed by atoms with Crippen molar-refractivity contribution in [3.63, 3.8) is 0 Å². The molecule has 0 heterocycles. The van der Waals surface area contributed by atoms with E-state index in [1.807, 2.05) is 36.4 Å². The topological polar surface area (TPSA) is 38.3 Å². The van der Waals surface area contributed by atoms with Crippen LogP contribution in [0.4, 0.5) is 0 Å². The molecule has 0 aliphatic heterocycles. The van der Waals surface area contributed by atoms with Crippen molar-refractivity contribution in [3.05, 3.63) is 101 Å². The molecule has 0 saturated carbocycles. The van der Waals surface area contributed by atoms with Gasteiger partial charge in [0.25, 0.3) is 0 Å². The fraction of sp³-hybridized carbons (Fsp3) is 0.321. The Kier molecular flexibility index (Phi) is 7.51. The van der Waals surface area contributed by atoms with E-state index in [0.717, 1.165) is 33.6 Å². The molecule has 0 bridgehead atoms. The van der Waals surface area contributed by atoms with Crippen LogP contribution in [0.3, 0.4) is 0 Å². The SMILES string of the molecule is COc1cc(C)c([C@H](C)NC(=O)CC(c2ccccc2)c2ccccc2)cc1C(C)C. The van der Waals surface area contributed by atoms with E-state index in [1.165, 1.54) is 0 Å². The second kappa shape index (κ2) is 10.3. The predicted molar refractivity (Wildman–Crippen MR) is 128 cm³/mol. The second-order valence-electron chi connectivity index (χ2n) is 8.47. The Labute approximate surface area is 186 Å². The Morgan fingerprint density at radius 1 is 0.871 bits per heavy atom. The Morgan fingerprint density at radius 2 is 1.42 bits per heavy atom. The summed E-state index contributed by atoms with van der Waals surface area (Å²) >= 11 is 0. The highest BCUT2D eigenvalue weighted by Gasteiger charge is 2.21. The quantitative estimate of drug-likeness (QED) is 0.454. The van der Waals surface area contributed by atoms with Crippen LogP contribution < -0.4 is 10.1 Å². The summed E-state index contributed by atoms with van der Waals surface area (Å²) in [5, 5.41) is 3.23. The molecule has 0 fully saturated rings. The van der Waals surface area contributed by atoms with Crippen LogP contribution in [0.5, 0.6) is 5.75 Å². The van der Waals surface area contributed by atoms with Gasteiger partial charge in [0.05, 0.1) is 13.2 Å². The van der Waals surface area contributed by atoms with Crippen molar-refractivity contribution in [1.29, 1.82) is 0 Å². The van der Waals surface area contributed by atoms with Crippen LogP contribution in [0.2, 0.25) is 0 Å². The van der Waals surface area contributed by atoms with Crippen molar-refractivity contribution in [2.75, 3.05) is 7.11 Å². The molecule has 0 spiro atoms. The smallest absolute Gasteiger partial charge is 0.221 e. The first-order chi connectivity index (χ1) is 14.9. The van der Waals surface area contributed by atoms with E-state index in [1.54, 1.807) is 7.11 Å². The van der Waals surface area contributed by atoms with Gasteiger partial charge in [-0.05, 0) is 59.7 Å². The fourth-order valence-electron chi connectivity index (χ4n) is 4.17. The predicted octanol–water partition coefficient (Wildman–Crippen LogP) is 6.53. The molecular formula is C28H33NO2. The second-order valence-corrected chi connectivity index (χ2v) is 8.47. The standard InChI is InChI=1S/C28H33NO2/c1-19(2)24-17-25(20(3)16-27(24)31-5)21(4)29-28(30)18-26(22-12-8-6-9-13-22)23-14-10-7-11-15-23/h6-17,19,21,26H,18H2,1-5H3,(H,29,30)/t21-/m0/s1. The summed E-state index contributed by atoms with van der Waals surface area (Å²) in [4.78, 5) is 13.1. The van der Waals surface area contributed by atoms with Crippen molar-refractivity contribution < 1.29 is 9.53 Å². The Hall–Kier alpha value is -3.07. The maximum absolute atomic E-state index is 13.1. The molecule has 0 aromatic heterocycles. The van der Waals surface area contributed by atoms with Crippen molar-refractivity contribution in [3.8, 4) is 5.75 Å². The summed E-state index contributed by atoms with van der Waals surface area (Å²) in [7, 11) is 1.71. The minimum absolute atomic E-state index is 0.0257. The highest BCUT2D eigenvalue weighted by atomic mass is 16.5. The highest BCUT2D eigenvalue weighted by molar-refractivity contribution is 5.78. The zero-order valence-electron chi connectivity index (χ0n) is 19.2. The third kappa shape index (κ3) is 5.55. The molecule has 0 aliphatic carbocycles. The number of amides is 1. The number of nitrogens with one attached hydrogen (secondary N) is 1. The van der Waals surface area contributed by atoms with Gasteiger partial charge < -0.3 is 10.1 Å². The first-order valence-electron chi connectivity index (χ1n) is 11.0. The zero-order valence-corrected chi connectivity index (χ0v) is 19.2. The molecule has 162 valence electrons. The van der Waals surface area contributed by atoms with Gasteiger partial charge in [0.15, 0.2) is 0 Å². The maximum atomic E-state index is 13.1. The van der Waals surface area contributed by atoms with Gasteiger partial charge in [-0.15, -0.1) is 0 Å². The summed E-state index contributed by atoms with van der Waals surface area (Å²) in [6.07, 6.45) is 0.407. The number of benzene rings is 3. The molecular weight excluding hydrogens is 382 g/mol. The van der Waals surface area contributed by atoms with E-state index in [0.29, 0.717) is 12.3 Å². The van der Waals surface area contributed by atoms with E-state index in [9.17, 15) is 4.79 Å². The van der Waals surface area contributed by atoms with Gasteiger partial charge >= 0.3 is 0 Å². The van der Waals surface area contributed by atoms with Crippen LogP contribution >= 0.6 is 0 Å². The maximum Gasteiger partial charge on any atom is 0.221 e. The number of aryl methyl sites for hydroxylation is 1. The van der Waals surface area contributed by atoms with E-state index in [4.69, 9.17) is 4.74 Å². The van der Waals surface area contributed by atoms with Crippen LogP contribution in [-0.4, -0.2) is 13.0 Å². The largest absolute Gasteiger partial charge is 0.496 e. The molecule has 1 N–H and O–H groups in total. The van der Waals surface area contributed by atoms with Gasteiger partial charge in [-0.25, -0.2) is 0 Å². The minimum Gasteiger partial charge on any atom is -0.496 e. The summed E-state index contributed by atoms with van der Waals surface area (Å²) in [6.45, 7) is 8.44. The van der Waals surface area contributed by atoms with E-state index < -0.39 is 0 Å². The van der Waals surface area contributed by atoms with E-state index in [-0.39, 0.29) is 17.9 Å². The Balaban J connectivity index is 1.81. The average Bonchev–Trinajstić information content (AvgIpc) is 2.78. The molecule has 3 nitrogen and oxygen atoms in total. The van der Waals surface area contributed by atoms with Gasteiger partial charge in [0.1, 0.15) is 5.75 Å². The molecule has 31 heavy (non-hydrogen) atoms. The van der Waals surface area contributed by atoms with Gasteiger partial charge in [0, 0.05) is 12.3 Å². The van der Waals surface area contributed by atoms with E-state index >= 15 is 0 Å². The number of rotatable bonds is 8. The monoisotopic (exact) mass is 415 g/mol. The van der Waals surface area contributed by atoms with Gasteiger partial charge in [-0.3, -0.25) is 4.79 Å². The molecule has 3 heteroatoms. The zero-order chi connectivity index (χ0) is 22.4.